The topological polar surface area (TPSA) is 39.4 Å². The Morgan fingerprint density at radius 3 is 2.45 bits per heavy atom. The molecule has 0 amide bonds. The predicted molar refractivity (Wildman–Crippen MR) is 72.5 cm³/mol. The number of carbonyl (C=O) groups excluding carboxylic acids is 1. The average molecular weight is 274 g/mol. The zero-order valence-corrected chi connectivity index (χ0v) is 11.4. The molecule has 0 fully saturated rings. The van der Waals surface area contributed by atoms with Crippen molar-refractivity contribution in [3.8, 4) is 0 Å². The third-order valence-electron chi connectivity index (χ3n) is 3.03. The molecule has 1 aromatic carbocycles. The summed E-state index contributed by atoms with van der Waals surface area (Å²) in [5, 5.41) is 0. The van der Waals surface area contributed by atoms with Gasteiger partial charge in [-0.3, -0.25) is 0 Å². The summed E-state index contributed by atoms with van der Waals surface area (Å²) in [6.45, 7) is 6.82. The van der Waals surface area contributed by atoms with Crippen molar-refractivity contribution in [2.75, 3.05) is 0 Å². The SMILES string of the molecule is C=C(C)C(=O)OC(C)(c1ccc(F)cc1)c1ccco1. The second-order valence-electron chi connectivity index (χ2n) is 4.69. The quantitative estimate of drug-likeness (QED) is 0.629. The van der Waals surface area contributed by atoms with Crippen LogP contribution in [-0.4, -0.2) is 5.97 Å². The predicted octanol–water partition coefficient (Wildman–Crippen LogP) is 3.80. The van der Waals surface area contributed by atoms with Crippen LogP contribution in [0, 0.1) is 5.82 Å². The van der Waals surface area contributed by atoms with E-state index in [4.69, 9.17) is 9.15 Å². The van der Waals surface area contributed by atoms with E-state index in [0.29, 0.717) is 11.3 Å². The smallest absolute Gasteiger partial charge is 0.334 e. The van der Waals surface area contributed by atoms with E-state index in [1.807, 2.05) is 0 Å². The Morgan fingerprint density at radius 2 is 1.95 bits per heavy atom. The van der Waals surface area contributed by atoms with Gasteiger partial charge in [-0.15, -0.1) is 0 Å². The molecule has 2 aromatic rings. The monoisotopic (exact) mass is 274 g/mol. The Hall–Kier alpha value is -2.36. The number of furan rings is 1. The molecule has 0 radical (unpaired) electrons. The third kappa shape index (κ3) is 2.64. The largest absolute Gasteiger partial charge is 0.465 e. The molecule has 0 N–H and O–H groups in total. The molecule has 1 atom stereocenters. The highest BCUT2D eigenvalue weighted by molar-refractivity contribution is 5.87. The molecule has 2 rings (SSSR count). The van der Waals surface area contributed by atoms with Crippen molar-refractivity contribution in [1.29, 1.82) is 0 Å². The van der Waals surface area contributed by atoms with Crippen molar-refractivity contribution in [3.05, 3.63) is 72.0 Å². The maximum Gasteiger partial charge on any atom is 0.334 e. The van der Waals surface area contributed by atoms with Gasteiger partial charge in [-0.05, 0) is 38.1 Å². The van der Waals surface area contributed by atoms with Crippen molar-refractivity contribution < 1.29 is 18.3 Å². The molecular formula is C16H15FO3. The van der Waals surface area contributed by atoms with Crippen LogP contribution in [0.2, 0.25) is 0 Å². The molecule has 104 valence electrons. The van der Waals surface area contributed by atoms with Crippen LogP contribution in [0.3, 0.4) is 0 Å². The molecule has 4 heteroatoms. The van der Waals surface area contributed by atoms with E-state index in [1.54, 1.807) is 38.1 Å². The number of ether oxygens (including phenoxy) is 1. The van der Waals surface area contributed by atoms with Crippen LogP contribution in [0.4, 0.5) is 4.39 Å². The van der Waals surface area contributed by atoms with Crippen LogP contribution in [0.5, 0.6) is 0 Å². The molecular weight excluding hydrogens is 259 g/mol. The van der Waals surface area contributed by atoms with Crippen molar-refractivity contribution in [3.63, 3.8) is 0 Å². The first kappa shape index (κ1) is 14.1. The van der Waals surface area contributed by atoms with E-state index in [0.717, 1.165) is 0 Å². The molecule has 20 heavy (non-hydrogen) atoms. The highest BCUT2D eigenvalue weighted by Crippen LogP contribution is 2.34. The Labute approximate surface area is 116 Å². The lowest BCUT2D eigenvalue weighted by molar-refractivity contribution is -0.151. The van der Waals surface area contributed by atoms with Gasteiger partial charge >= 0.3 is 5.97 Å². The molecule has 1 aromatic heterocycles. The van der Waals surface area contributed by atoms with Crippen molar-refractivity contribution in [2.45, 2.75) is 19.4 Å². The molecule has 1 heterocycles. The Bertz CT molecular complexity index is 614. The first-order valence-corrected chi connectivity index (χ1v) is 6.12. The van der Waals surface area contributed by atoms with Gasteiger partial charge < -0.3 is 9.15 Å². The van der Waals surface area contributed by atoms with Crippen LogP contribution in [0.25, 0.3) is 0 Å². The number of hydrogen-bond acceptors (Lipinski definition) is 3. The number of esters is 1. The second kappa shape index (κ2) is 5.33. The third-order valence-corrected chi connectivity index (χ3v) is 3.03. The maximum atomic E-state index is 13.1. The van der Waals surface area contributed by atoms with Gasteiger partial charge in [0.1, 0.15) is 5.82 Å². The summed E-state index contributed by atoms with van der Waals surface area (Å²) in [4.78, 5) is 11.9. The van der Waals surface area contributed by atoms with Crippen LogP contribution in [-0.2, 0) is 15.1 Å². The Kier molecular flexibility index (Phi) is 3.74. The van der Waals surface area contributed by atoms with Gasteiger partial charge in [-0.2, -0.15) is 0 Å². The first-order valence-electron chi connectivity index (χ1n) is 6.12. The van der Waals surface area contributed by atoms with Gasteiger partial charge in [0.2, 0.25) is 0 Å². The first-order chi connectivity index (χ1) is 9.43. The van der Waals surface area contributed by atoms with E-state index in [-0.39, 0.29) is 11.4 Å². The van der Waals surface area contributed by atoms with Crippen LogP contribution in [0.15, 0.2) is 59.2 Å². The fraction of sp³-hybridized carbons (Fsp3) is 0.188. The normalized spacial score (nSPS) is 13.6. The van der Waals surface area contributed by atoms with E-state index < -0.39 is 11.6 Å². The lowest BCUT2D eigenvalue weighted by Crippen LogP contribution is -2.30. The molecule has 0 saturated carbocycles. The molecule has 0 aliphatic carbocycles. The molecule has 0 saturated heterocycles. The second-order valence-corrected chi connectivity index (χ2v) is 4.69. The lowest BCUT2D eigenvalue weighted by Gasteiger charge is -2.28. The maximum absolute atomic E-state index is 13.1. The molecule has 3 nitrogen and oxygen atoms in total. The zero-order chi connectivity index (χ0) is 14.8. The fourth-order valence-corrected chi connectivity index (χ4v) is 1.84. The Morgan fingerprint density at radius 1 is 1.30 bits per heavy atom. The van der Waals surface area contributed by atoms with Gasteiger partial charge in [-0.25, -0.2) is 9.18 Å². The number of benzene rings is 1. The lowest BCUT2D eigenvalue weighted by atomic mass is 9.93. The fourth-order valence-electron chi connectivity index (χ4n) is 1.84. The summed E-state index contributed by atoms with van der Waals surface area (Å²) in [7, 11) is 0. The minimum absolute atomic E-state index is 0.282. The summed E-state index contributed by atoms with van der Waals surface area (Å²) >= 11 is 0. The number of rotatable bonds is 4. The van der Waals surface area contributed by atoms with Gasteiger partial charge in [0, 0.05) is 11.1 Å². The highest BCUT2D eigenvalue weighted by atomic mass is 19.1. The molecule has 0 aliphatic rings. The molecule has 0 bridgehead atoms. The van der Waals surface area contributed by atoms with Crippen molar-refractivity contribution in [1.82, 2.24) is 0 Å². The summed E-state index contributed by atoms with van der Waals surface area (Å²) in [5.74, 6) is -0.436. The molecule has 0 aliphatic heterocycles. The number of hydrogen-bond donors (Lipinski definition) is 0. The van der Waals surface area contributed by atoms with E-state index in [2.05, 4.69) is 6.58 Å². The summed E-state index contributed by atoms with van der Waals surface area (Å²) < 4.78 is 23.9. The van der Waals surface area contributed by atoms with Crippen LogP contribution < -0.4 is 0 Å². The minimum atomic E-state index is -1.13. The minimum Gasteiger partial charge on any atom is -0.465 e. The van der Waals surface area contributed by atoms with Crippen LogP contribution in [0.1, 0.15) is 25.2 Å². The summed E-state index contributed by atoms with van der Waals surface area (Å²) in [5.41, 5.74) is -0.235. The number of carbonyl (C=O) groups is 1. The highest BCUT2D eigenvalue weighted by Gasteiger charge is 2.36. The van der Waals surface area contributed by atoms with Gasteiger partial charge in [-0.1, -0.05) is 18.7 Å². The summed E-state index contributed by atoms with van der Waals surface area (Å²) in [6.07, 6.45) is 1.49. The standard InChI is InChI=1S/C16H15FO3/c1-11(2)15(18)20-16(3,14-5-4-10-19-14)12-6-8-13(17)9-7-12/h4-10H,1H2,2-3H3. The molecule has 1 unspecified atom stereocenters. The van der Waals surface area contributed by atoms with E-state index >= 15 is 0 Å². The van der Waals surface area contributed by atoms with E-state index in [1.165, 1.54) is 18.4 Å². The zero-order valence-electron chi connectivity index (χ0n) is 11.4. The summed E-state index contributed by atoms with van der Waals surface area (Å²) in [6, 6.07) is 9.14. The van der Waals surface area contributed by atoms with Gasteiger partial charge in [0.15, 0.2) is 11.4 Å². The molecule has 0 spiro atoms. The van der Waals surface area contributed by atoms with Crippen molar-refractivity contribution >= 4 is 5.97 Å². The van der Waals surface area contributed by atoms with Crippen LogP contribution >= 0.6 is 0 Å². The Balaban J connectivity index is 2.46. The van der Waals surface area contributed by atoms with Gasteiger partial charge in [0.25, 0.3) is 0 Å². The van der Waals surface area contributed by atoms with E-state index in [9.17, 15) is 9.18 Å². The van der Waals surface area contributed by atoms with Gasteiger partial charge in [0.05, 0.1) is 6.26 Å². The average Bonchev–Trinajstić information content (AvgIpc) is 2.93. The van der Waals surface area contributed by atoms with Crippen molar-refractivity contribution in [2.24, 2.45) is 0 Å². The number of halogens is 1.